The molecule has 0 saturated heterocycles. The van der Waals surface area contributed by atoms with Gasteiger partial charge in [-0.2, -0.15) is 0 Å². The van der Waals surface area contributed by atoms with Crippen LogP contribution in [0.15, 0.2) is 36.5 Å². The van der Waals surface area contributed by atoms with Gasteiger partial charge in [-0.15, -0.1) is 5.10 Å². The molecule has 1 aromatic carbocycles. The first kappa shape index (κ1) is 10.4. The molecule has 0 aliphatic carbocycles. The Labute approximate surface area is 92.7 Å². The minimum atomic E-state index is -0.420. The molecule has 0 bridgehead atoms. The first-order valence-corrected chi connectivity index (χ1v) is 4.96. The Bertz CT molecular complexity index is 479. The van der Waals surface area contributed by atoms with Gasteiger partial charge in [-0.1, -0.05) is 23.4 Å². The summed E-state index contributed by atoms with van der Waals surface area (Å²) in [6.07, 6.45) is 1.39. The highest BCUT2D eigenvalue weighted by atomic mass is 16.5. The minimum Gasteiger partial charge on any atom is -0.461 e. The molecular weight excluding hydrogens is 206 g/mol. The lowest BCUT2D eigenvalue weighted by molar-refractivity contribution is 0.0515. The van der Waals surface area contributed by atoms with Crippen molar-refractivity contribution in [3.63, 3.8) is 0 Å². The zero-order chi connectivity index (χ0) is 11.4. The van der Waals surface area contributed by atoms with E-state index in [0.717, 1.165) is 5.69 Å². The molecule has 0 aliphatic heterocycles. The van der Waals surface area contributed by atoms with E-state index in [-0.39, 0.29) is 0 Å². The summed E-state index contributed by atoms with van der Waals surface area (Å²) in [5.74, 6) is -0.420. The van der Waals surface area contributed by atoms with E-state index in [2.05, 4.69) is 10.3 Å². The number of carbonyl (C=O) groups is 1. The molecule has 2 aromatic rings. The zero-order valence-corrected chi connectivity index (χ0v) is 8.83. The maximum Gasteiger partial charge on any atom is 0.358 e. The Kier molecular flexibility index (Phi) is 2.95. The fourth-order valence-electron chi connectivity index (χ4n) is 1.34. The van der Waals surface area contributed by atoms with Crippen LogP contribution in [0.4, 0.5) is 0 Å². The molecule has 0 radical (unpaired) electrons. The first-order valence-electron chi connectivity index (χ1n) is 4.96. The maximum atomic E-state index is 11.6. The van der Waals surface area contributed by atoms with Crippen molar-refractivity contribution in [2.45, 2.75) is 6.92 Å². The minimum absolute atomic E-state index is 0.327. The Morgan fingerprint density at radius 3 is 2.81 bits per heavy atom. The molecule has 82 valence electrons. The normalized spacial score (nSPS) is 10.1. The van der Waals surface area contributed by atoms with E-state index in [4.69, 9.17) is 4.74 Å². The Morgan fingerprint density at radius 2 is 2.12 bits per heavy atom. The van der Waals surface area contributed by atoms with Gasteiger partial charge in [0.15, 0.2) is 5.69 Å². The number of rotatable bonds is 3. The van der Waals surface area contributed by atoms with Gasteiger partial charge in [0.1, 0.15) is 0 Å². The molecule has 0 N–H and O–H groups in total. The summed E-state index contributed by atoms with van der Waals surface area (Å²) in [5, 5.41) is 7.57. The van der Waals surface area contributed by atoms with Crippen LogP contribution in [-0.4, -0.2) is 27.6 Å². The maximum absolute atomic E-state index is 11.6. The van der Waals surface area contributed by atoms with E-state index >= 15 is 0 Å². The third-order valence-electron chi connectivity index (χ3n) is 2.03. The van der Waals surface area contributed by atoms with Crippen molar-refractivity contribution >= 4 is 5.97 Å². The van der Waals surface area contributed by atoms with Crippen LogP contribution in [0.5, 0.6) is 0 Å². The number of hydrogen-bond acceptors (Lipinski definition) is 4. The fourth-order valence-corrected chi connectivity index (χ4v) is 1.34. The number of hydrogen-bond donors (Lipinski definition) is 0. The van der Waals surface area contributed by atoms with Gasteiger partial charge in [0.25, 0.3) is 0 Å². The molecule has 16 heavy (non-hydrogen) atoms. The van der Waals surface area contributed by atoms with Gasteiger partial charge in [0, 0.05) is 0 Å². The number of carbonyl (C=O) groups excluding carboxylic acids is 1. The molecule has 0 unspecified atom stereocenters. The summed E-state index contributed by atoms with van der Waals surface area (Å²) in [5.41, 5.74) is 1.11. The van der Waals surface area contributed by atoms with Crippen LogP contribution >= 0.6 is 0 Å². The molecule has 1 aromatic heterocycles. The van der Waals surface area contributed by atoms with Gasteiger partial charge in [0.2, 0.25) is 0 Å². The molecule has 0 amide bonds. The second kappa shape index (κ2) is 4.57. The van der Waals surface area contributed by atoms with Gasteiger partial charge in [-0.05, 0) is 19.1 Å². The molecule has 5 heteroatoms. The SMILES string of the molecule is CCOC(=O)c1cnnn1-c1ccccc1. The van der Waals surface area contributed by atoms with Gasteiger partial charge in [0.05, 0.1) is 18.5 Å². The monoisotopic (exact) mass is 217 g/mol. The number of aromatic nitrogens is 3. The van der Waals surface area contributed by atoms with Crippen LogP contribution in [-0.2, 0) is 4.74 Å². The van der Waals surface area contributed by atoms with E-state index in [9.17, 15) is 4.79 Å². The topological polar surface area (TPSA) is 57.0 Å². The number of esters is 1. The lowest BCUT2D eigenvalue weighted by Crippen LogP contribution is -2.11. The summed E-state index contributed by atoms with van der Waals surface area (Å²) in [6.45, 7) is 2.09. The van der Waals surface area contributed by atoms with Crippen molar-refractivity contribution in [3.05, 3.63) is 42.2 Å². The van der Waals surface area contributed by atoms with Crippen LogP contribution in [0.2, 0.25) is 0 Å². The van der Waals surface area contributed by atoms with Crippen LogP contribution in [0.3, 0.4) is 0 Å². The number of para-hydroxylation sites is 1. The molecule has 0 spiro atoms. The highest BCUT2D eigenvalue weighted by Crippen LogP contribution is 2.09. The van der Waals surface area contributed by atoms with Gasteiger partial charge >= 0.3 is 5.97 Å². The molecule has 0 atom stereocenters. The van der Waals surface area contributed by atoms with E-state index in [1.165, 1.54) is 10.9 Å². The highest BCUT2D eigenvalue weighted by molar-refractivity contribution is 5.87. The Balaban J connectivity index is 2.37. The van der Waals surface area contributed by atoms with E-state index in [1.54, 1.807) is 6.92 Å². The van der Waals surface area contributed by atoms with Crippen molar-refractivity contribution in [1.82, 2.24) is 15.0 Å². The summed E-state index contributed by atoms with van der Waals surface area (Å²) in [4.78, 5) is 11.6. The van der Waals surface area contributed by atoms with Crippen LogP contribution in [0.25, 0.3) is 5.69 Å². The smallest absolute Gasteiger partial charge is 0.358 e. The third kappa shape index (κ3) is 1.93. The molecule has 0 aliphatic rings. The summed E-state index contributed by atoms with van der Waals surface area (Å²) in [7, 11) is 0. The lowest BCUT2D eigenvalue weighted by Gasteiger charge is -2.04. The second-order valence-electron chi connectivity index (χ2n) is 3.09. The van der Waals surface area contributed by atoms with Crippen molar-refractivity contribution in [2.75, 3.05) is 6.61 Å². The number of nitrogens with zero attached hydrogens (tertiary/aromatic N) is 3. The predicted molar refractivity (Wildman–Crippen MR) is 57.3 cm³/mol. The highest BCUT2D eigenvalue weighted by Gasteiger charge is 2.14. The molecule has 1 heterocycles. The quantitative estimate of drug-likeness (QED) is 0.730. The van der Waals surface area contributed by atoms with Gasteiger partial charge in [-0.3, -0.25) is 0 Å². The average Bonchev–Trinajstić information content (AvgIpc) is 2.79. The van der Waals surface area contributed by atoms with E-state index < -0.39 is 5.97 Å². The van der Waals surface area contributed by atoms with Crippen LogP contribution in [0.1, 0.15) is 17.4 Å². The molecule has 0 saturated carbocycles. The van der Waals surface area contributed by atoms with E-state index in [0.29, 0.717) is 12.3 Å². The standard InChI is InChI=1S/C11H11N3O2/c1-2-16-11(15)10-8-12-13-14(10)9-6-4-3-5-7-9/h3-8H,2H2,1H3. The van der Waals surface area contributed by atoms with Gasteiger partial charge < -0.3 is 4.74 Å². The van der Waals surface area contributed by atoms with Crippen LogP contribution < -0.4 is 0 Å². The van der Waals surface area contributed by atoms with Crippen LogP contribution in [0, 0.1) is 0 Å². The first-order chi connectivity index (χ1) is 7.83. The van der Waals surface area contributed by atoms with Crippen molar-refractivity contribution in [3.8, 4) is 5.69 Å². The predicted octanol–water partition coefficient (Wildman–Crippen LogP) is 1.44. The fraction of sp³-hybridized carbons (Fsp3) is 0.182. The number of benzene rings is 1. The molecular formula is C11H11N3O2. The summed E-state index contributed by atoms with van der Waals surface area (Å²) in [6, 6.07) is 9.32. The van der Waals surface area contributed by atoms with Crippen molar-refractivity contribution in [1.29, 1.82) is 0 Å². The molecule has 0 fully saturated rings. The number of ether oxygens (including phenoxy) is 1. The van der Waals surface area contributed by atoms with E-state index in [1.807, 2.05) is 30.3 Å². The van der Waals surface area contributed by atoms with Crippen molar-refractivity contribution < 1.29 is 9.53 Å². The zero-order valence-electron chi connectivity index (χ0n) is 8.83. The lowest BCUT2D eigenvalue weighted by atomic mass is 10.3. The van der Waals surface area contributed by atoms with Gasteiger partial charge in [-0.25, -0.2) is 9.48 Å². The average molecular weight is 217 g/mol. The largest absolute Gasteiger partial charge is 0.461 e. The Morgan fingerprint density at radius 1 is 1.38 bits per heavy atom. The summed E-state index contributed by atoms with van der Waals surface area (Å²) < 4.78 is 6.36. The summed E-state index contributed by atoms with van der Waals surface area (Å²) >= 11 is 0. The molecule has 2 rings (SSSR count). The Hall–Kier alpha value is -2.17. The van der Waals surface area contributed by atoms with Crippen molar-refractivity contribution in [2.24, 2.45) is 0 Å². The molecule has 5 nitrogen and oxygen atoms in total. The third-order valence-corrected chi connectivity index (χ3v) is 2.03. The second-order valence-corrected chi connectivity index (χ2v) is 3.09.